The molecule has 1 saturated heterocycles. The molecule has 1 fully saturated rings. The number of benzene rings is 2. The number of nitrogens with two attached hydrogens (primary N) is 1. The van der Waals surface area contributed by atoms with Gasteiger partial charge in [0.05, 0.1) is 32.8 Å². The van der Waals surface area contributed by atoms with E-state index in [1.54, 1.807) is 12.1 Å². The van der Waals surface area contributed by atoms with Crippen molar-refractivity contribution in [2.75, 3.05) is 53.8 Å². The molecule has 2 aromatic carbocycles. The van der Waals surface area contributed by atoms with Crippen molar-refractivity contribution in [2.45, 2.75) is 36.7 Å². The molecule has 2 heterocycles. The van der Waals surface area contributed by atoms with Gasteiger partial charge in [0.1, 0.15) is 0 Å². The number of nitrogens with one attached hydrogen (secondary N) is 3. The topological polar surface area (TPSA) is 194 Å². The molecular formula is C30H41ClN4O9. The van der Waals surface area contributed by atoms with Crippen LogP contribution < -0.4 is 40.6 Å². The fourth-order valence-corrected chi connectivity index (χ4v) is 6.29. The molecular weight excluding hydrogens is 596 g/mol. The number of fused-ring (bicyclic) bond motifs is 3. The molecule has 0 radical (unpaired) electrons. The number of amides is 1. The molecule has 0 bridgehead atoms. The first-order valence-corrected chi connectivity index (χ1v) is 14.9. The van der Waals surface area contributed by atoms with Crippen LogP contribution in [-0.2, 0) is 14.3 Å². The lowest BCUT2D eigenvalue weighted by Gasteiger charge is -2.39. The quantitative estimate of drug-likeness (QED) is 0.0867. The molecule has 2 aromatic rings. The third-order valence-electron chi connectivity index (χ3n) is 8.24. The Kier molecular flexibility index (Phi) is 11.4. The van der Waals surface area contributed by atoms with Gasteiger partial charge >= 0.3 is 5.97 Å². The van der Waals surface area contributed by atoms with Crippen LogP contribution >= 0.6 is 11.6 Å². The maximum Gasteiger partial charge on any atom is 0.310 e. The van der Waals surface area contributed by atoms with Crippen molar-refractivity contribution in [1.29, 1.82) is 0 Å². The molecule has 13 nitrogen and oxygen atoms in total. The molecule has 2 aliphatic heterocycles. The number of methoxy groups -OCH3 is 2. The fraction of sp³-hybridized carbons (Fsp3) is 0.533. The number of alkyl halides is 1. The van der Waals surface area contributed by atoms with Gasteiger partial charge in [-0.3, -0.25) is 14.9 Å². The van der Waals surface area contributed by atoms with E-state index in [4.69, 9.17) is 41.0 Å². The van der Waals surface area contributed by atoms with E-state index < -0.39 is 35.2 Å². The first-order chi connectivity index (χ1) is 20.9. The number of esters is 1. The molecule has 14 heteroatoms. The molecule has 44 heavy (non-hydrogen) atoms. The van der Waals surface area contributed by atoms with E-state index in [9.17, 15) is 14.7 Å². The molecule has 5 atom stereocenters. The largest absolute Gasteiger partial charge is 0.502 e. The zero-order valence-electron chi connectivity index (χ0n) is 24.8. The maximum absolute atomic E-state index is 13.3. The summed E-state index contributed by atoms with van der Waals surface area (Å²) >= 11 is 6.48. The van der Waals surface area contributed by atoms with E-state index in [1.807, 2.05) is 12.1 Å². The summed E-state index contributed by atoms with van der Waals surface area (Å²) in [6, 6.07) is 6.47. The van der Waals surface area contributed by atoms with Gasteiger partial charge in [0, 0.05) is 11.8 Å². The highest BCUT2D eigenvalue weighted by molar-refractivity contribution is 6.30. The highest BCUT2D eigenvalue weighted by atomic mass is 35.5. The highest BCUT2D eigenvalue weighted by Crippen LogP contribution is 2.55. The summed E-state index contributed by atoms with van der Waals surface area (Å²) in [6.45, 7) is 3.10. The minimum Gasteiger partial charge on any atom is -0.502 e. The van der Waals surface area contributed by atoms with Crippen molar-refractivity contribution in [1.82, 2.24) is 16.0 Å². The number of hydrogen-bond acceptors (Lipinski definition) is 11. The SMILES string of the molecule is COc1cc(C2c3cc4c(cc3C(NC(=O)C(Cl)NCCCNCCCCN)C3COC(=O)C23)OCO4)cc(OC)c1O.O. The second-order valence-electron chi connectivity index (χ2n) is 10.8. The summed E-state index contributed by atoms with van der Waals surface area (Å²) in [4.78, 5) is 26.7. The van der Waals surface area contributed by atoms with Crippen LogP contribution in [0.1, 0.15) is 47.9 Å². The monoisotopic (exact) mass is 636 g/mol. The average molecular weight is 637 g/mol. The normalized spacial score (nSPS) is 21.9. The molecule has 1 aliphatic carbocycles. The Morgan fingerprint density at radius 1 is 1.02 bits per heavy atom. The van der Waals surface area contributed by atoms with Crippen LogP contribution in [0.2, 0.25) is 0 Å². The van der Waals surface area contributed by atoms with Gasteiger partial charge in [-0.05, 0) is 86.4 Å². The summed E-state index contributed by atoms with van der Waals surface area (Å²) in [5.41, 5.74) is 6.74. The minimum absolute atomic E-state index is 0. The smallest absolute Gasteiger partial charge is 0.310 e. The third-order valence-corrected chi connectivity index (χ3v) is 8.59. The van der Waals surface area contributed by atoms with Crippen molar-refractivity contribution >= 4 is 23.5 Å². The number of halogens is 1. The molecule has 3 aliphatic rings. The van der Waals surface area contributed by atoms with Crippen molar-refractivity contribution in [3.8, 4) is 28.7 Å². The predicted octanol–water partition coefficient (Wildman–Crippen LogP) is 1.28. The second kappa shape index (κ2) is 15.0. The van der Waals surface area contributed by atoms with Gasteiger partial charge in [0.2, 0.25) is 12.5 Å². The number of carbonyl (C=O) groups is 2. The van der Waals surface area contributed by atoms with E-state index >= 15 is 0 Å². The lowest BCUT2D eigenvalue weighted by atomic mass is 9.65. The Hall–Kier alpha value is -3.49. The van der Waals surface area contributed by atoms with E-state index in [1.165, 1.54) is 14.2 Å². The number of phenols is 1. The first-order valence-electron chi connectivity index (χ1n) is 14.5. The summed E-state index contributed by atoms with van der Waals surface area (Å²) in [6.07, 6.45) is 2.80. The van der Waals surface area contributed by atoms with Crippen LogP contribution in [0.25, 0.3) is 0 Å². The average Bonchev–Trinajstić information content (AvgIpc) is 3.63. The molecule has 0 aromatic heterocycles. The van der Waals surface area contributed by atoms with E-state index in [0.717, 1.165) is 43.5 Å². The molecule has 0 saturated carbocycles. The van der Waals surface area contributed by atoms with Gasteiger partial charge < -0.3 is 50.6 Å². The molecule has 242 valence electrons. The fourth-order valence-electron chi connectivity index (χ4n) is 6.12. The Morgan fingerprint density at radius 2 is 1.68 bits per heavy atom. The van der Waals surface area contributed by atoms with Crippen molar-refractivity contribution in [2.24, 2.45) is 17.6 Å². The Morgan fingerprint density at radius 3 is 2.34 bits per heavy atom. The number of ether oxygens (including phenoxy) is 5. The summed E-state index contributed by atoms with van der Waals surface area (Å²) in [5, 5.41) is 20.1. The number of carbonyl (C=O) groups excluding carboxylic acids is 2. The third kappa shape index (κ3) is 6.76. The standard InChI is InChI=1S/C30H39ClN4O8.H2O/c1-39-22-10-16(11-23(40-2)27(22)36)24-17-12-20-21(43-15-42-20)13-18(17)26(19-14-41-30(38)25(19)24)35-29(37)28(31)34-9-5-8-33-7-4-3-6-32;/h10-13,19,24-26,28,33-34,36H,3-9,14-15,32H2,1-2H3,(H,35,37);1H2. The Bertz CT molecular complexity index is 1300. The number of unbranched alkanes of at least 4 members (excludes halogenated alkanes) is 1. The van der Waals surface area contributed by atoms with Crippen LogP contribution in [0.15, 0.2) is 24.3 Å². The highest BCUT2D eigenvalue weighted by Gasteiger charge is 2.53. The first kappa shape index (κ1) is 33.4. The maximum atomic E-state index is 13.3. The second-order valence-corrected chi connectivity index (χ2v) is 11.2. The molecule has 8 N–H and O–H groups in total. The molecule has 5 unspecified atom stereocenters. The minimum atomic E-state index is -0.977. The zero-order valence-corrected chi connectivity index (χ0v) is 25.6. The summed E-state index contributed by atoms with van der Waals surface area (Å²) < 4.78 is 27.8. The predicted molar refractivity (Wildman–Crippen MR) is 161 cm³/mol. The molecule has 5 rings (SSSR count). The number of phenolic OH excluding ortho intramolecular Hbond substituents is 1. The van der Waals surface area contributed by atoms with Crippen molar-refractivity contribution < 1.29 is 43.9 Å². The molecule has 1 amide bonds. The van der Waals surface area contributed by atoms with E-state index in [0.29, 0.717) is 30.2 Å². The van der Waals surface area contributed by atoms with E-state index in [2.05, 4.69) is 16.0 Å². The van der Waals surface area contributed by atoms with Gasteiger partial charge in [0.15, 0.2) is 28.5 Å². The number of cyclic esters (lactones) is 1. The van der Waals surface area contributed by atoms with Crippen LogP contribution in [0.4, 0.5) is 0 Å². The van der Waals surface area contributed by atoms with Crippen LogP contribution in [0.5, 0.6) is 28.7 Å². The van der Waals surface area contributed by atoms with Crippen molar-refractivity contribution in [3.63, 3.8) is 0 Å². The zero-order chi connectivity index (χ0) is 30.5. The lowest BCUT2D eigenvalue weighted by Crippen LogP contribution is -2.48. The number of aromatic hydroxyl groups is 1. The lowest BCUT2D eigenvalue weighted by molar-refractivity contribution is -0.141. The van der Waals surface area contributed by atoms with Gasteiger partial charge in [-0.25, -0.2) is 0 Å². The number of hydrogen-bond donors (Lipinski definition) is 5. The summed E-state index contributed by atoms with van der Waals surface area (Å²) in [5.74, 6) is -1.01. The number of rotatable bonds is 14. The van der Waals surface area contributed by atoms with Gasteiger partial charge in [0.25, 0.3) is 5.91 Å². The van der Waals surface area contributed by atoms with E-state index in [-0.39, 0.29) is 42.1 Å². The van der Waals surface area contributed by atoms with Gasteiger partial charge in [-0.15, -0.1) is 0 Å². The van der Waals surface area contributed by atoms with Gasteiger partial charge in [-0.2, -0.15) is 0 Å². The Labute approximate surface area is 260 Å². The molecule has 0 spiro atoms. The van der Waals surface area contributed by atoms with Crippen LogP contribution in [0.3, 0.4) is 0 Å². The Balaban J connectivity index is 0.00000442. The van der Waals surface area contributed by atoms with Crippen LogP contribution in [-0.4, -0.2) is 81.8 Å². The van der Waals surface area contributed by atoms with Gasteiger partial charge in [-0.1, -0.05) is 11.6 Å². The van der Waals surface area contributed by atoms with Crippen molar-refractivity contribution in [3.05, 3.63) is 41.0 Å². The summed E-state index contributed by atoms with van der Waals surface area (Å²) in [7, 11) is 2.89. The van der Waals surface area contributed by atoms with Crippen LogP contribution in [0, 0.1) is 11.8 Å².